The van der Waals surface area contributed by atoms with E-state index in [9.17, 15) is 20.0 Å². The molecule has 0 bridgehead atoms. The molecular weight excluding hydrogens is 430 g/mol. The molecule has 2 N–H and O–H groups in total. The van der Waals surface area contributed by atoms with Crippen molar-refractivity contribution in [2.75, 3.05) is 5.32 Å². The van der Waals surface area contributed by atoms with Crippen LogP contribution in [-0.4, -0.2) is 22.2 Å². The fourth-order valence-corrected chi connectivity index (χ4v) is 3.32. The van der Waals surface area contributed by atoms with E-state index in [4.69, 9.17) is 11.6 Å². The fraction of sp³-hybridized carbons (Fsp3) is 0.167. The lowest BCUT2D eigenvalue weighted by Gasteiger charge is -2.08. The Hall–Kier alpha value is -3.71. The van der Waals surface area contributed by atoms with Crippen molar-refractivity contribution in [1.29, 1.82) is 0 Å². The summed E-state index contributed by atoms with van der Waals surface area (Å²) in [7, 11) is 0. The molecule has 0 atom stereocenters. The topological polar surface area (TPSA) is 105 Å². The maximum absolute atomic E-state index is 11.8. The molecule has 32 heavy (non-hydrogen) atoms. The van der Waals surface area contributed by atoms with Gasteiger partial charge in [0.25, 0.3) is 0 Å². The van der Waals surface area contributed by atoms with E-state index in [1.807, 2.05) is 37.3 Å². The quantitative estimate of drug-likeness (QED) is 0.247. The van der Waals surface area contributed by atoms with Crippen LogP contribution in [0.15, 0.2) is 65.7 Å². The van der Waals surface area contributed by atoms with E-state index in [2.05, 4.69) is 10.3 Å². The van der Waals surface area contributed by atoms with Gasteiger partial charge in [-0.25, -0.2) is 0 Å². The van der Waals surface area contributed by atoms with E-state index in [-0.39, 0.29) is 11.5 Å². The number of aromatic hydroxyl groups is 1. The van der Waals surface area contributed by atoms with Crippen molar-refractivity contribution in [3.05, 3.63) is 92.5 Å². The van der Waals surface area contributed by atoms with Crippen LogP contribution in [0.25, 0.3) is 0 Å². The lowest BCUT2D eigenvalue weighted by Crippen LogP contribution is -2.10. The van der Waals surface area contributed by atoms with Gasteiger partial charge in [0.15, 0.2) is 0 Å². The second-order valence-electron chi connectivity index (χ2n) is 7.19. The van der Waals surface area contributed by atoms with Crippen molar-refractivity contribution in [1.82, 2.24) is 0 Å². The summed E-state index contributed by atoms with van der Waals surface area (Å²) in [5, 5.41) is 25.0. The lowest BCUT2D eigenvalue weighted by atomic mass is 10.0. The Morgan fingerprint density at radius 1 is 1.16 bits per heavy atom. The van der Waals surface area contributed by atoms with Crippen molar-refractivity contribution in [3.63, 3.8) is 0 Å². The number of aliphatic imine (C=N–C) groups is 1. The van der Waals surface area contributed by atoms with Crippen LogP contribution in [0.3, 0.4) is 0 Å². The predicted molar refractivity (Wildman–Crippen MR) is 126 cm³/mol. The van der Waals surface area contributed by atoms with Crippen molar-refractivity contribution in [2.45, 2.75) is 26.2 Å². The smallest absolute Gasteiger partial charge is 0.311 e. The number of phenols is 1. The van der Waals surface area contributed by atoms with Gasteiger partial charge in [-0.05, 0) is 48.2 Å². The average Bonchev–Trinajstić information content (AvgIpc) is 2.76. The number of hydrogen-bond acceptors (Lipinski definition) is 5. The normalized spacial score (nSPS) is 10.9. The van der Waals surface area contributed by atoms with Crippen LogP contribution in [0.1, 0.15) is 36.5 Å². The first-order chi connectivity index (χ1) is 15.4. The van der Waals surface area contributed by atoms with Crippen molar-refractivity contribution >= 4 is 40.8 Å². The van der Waals surface area contributed by atoms with E-state index in [1.165, 1.54) is 12.3 Å². The van der Waals surface area contributed by atoms with E-state index in [0.717, 1.165) is 12.0 Å². The highest BCUT2D eigenvalue weighted by molar-refractivity contribution is 6.33. The first-order valence-corrected chi connectivity index (χ1v) is 10.4. The van der Waals surface area contributed by atoms with Crippen molar-refractivity contribution < 1.29 is 14.8 Å². The number of halogens is 1. The zero-order valence-electron chi connectivity index (χ0n) is 17.4. The number of benzene rings is 3. The third-order valence-corrected chi connectivity index (χ3v) is 5.00. The zero-order valence-corrected chi connectivity index (χ0v) is 18.2. The number of carbonyl (C=O) groups is 1. The van der Waals surface area contributed by atoms with Crippen LogP contribution in [-0.2, 0) is 11.2 Å². The van der Waals surface area contributed by atoms with Gasteiger partial charge in [-0.2, -0.15) is 0 Å². The first-order valence-electron chi connectivity index (χ1n) is 10.0. The fourth-order valence-electron chi connectivity index (χ4n) is 3.15. The van der Waals surface area contributed by atoms with Gasteiger partial charge in [0, 0.05) is 30.0 Å². The number of anilines is 1. The number of nitro benzene ring substituents is 1. The molecule has 0 radical (unpaired) electrons. The second kappa shape index (κ2) is 10.5. The number of nitrogens with one attached hydrogen (secondary N) is 1. The molecule has 3 rings (SSSR count). The molecule has 0 aromatic heterocycles. The third-order valence-electron chi connectivity index (χ3n) is 4.68. The lowest BCUT2D eigenvalue weighted by molar-refractivity contribution is -0.385. The maximum atomic E-state index is 11.8. The van der Waals surface area contributed by atoms with Gasteiger partial charge in [0.05, 0.1) is 15.6 Å². The first kappa shape index (κ1) is 23.0. The minimum absolute atomic E-state index is 0.119. The third kappa shape index (κ3) is 5.92. The van der Waals surface area contributed by atoms with E-state index < -0.39 is 16.4 Å². The molecular formula is C24H22ClN3O4. The Kier molecular flexibility index (Phi) is 7.57. The standard InChI is InChI=1S/C24H22ClN3O4/c1-2-6-23(29)27-19-9-10-20(25)21(14-19)26-15-18-12-17(11-16-7-4-3-5-8-16)13-22(24(18)30)28(31)32/h3-5,7-10,12-15,30H,2,6,11H2,1H3,(H,27,29). The molecule has 0 saturated heterocycles. The summed E-state index contributed by atoms with van der Waals surface area (Å²) in [6.07, 6.45) is 2.91. The van der Waals surface area contributed by atoms with Gasteiger partial charge >= 0.3 is 5.69 Å². The summed E-state index contributed by atoms with van der Waals surface area (Å²) >= 11 is 6.22. The maximum Gasteiger partial charge on any atom is 0.311 e. The SMILES string of the molecule is CCCC(=O)Nc1ccc(Cl)c(N=Cc2cc(Cc3ccccc3)cc([N+](=O)[O-])c2O)c1. The van der Waals surface area contributed by atoms with E-state index >= 15 is 0 Å². The number of rotatable bonds is 8. The minimum atomic E-state index is -0.627. The van der Waals surface area contributed by atoms with Gasteiger partial charge in [0.1, 0.15) is 0 Å². The second-order valence-corrected chi connectivity index (χ2v) is 7.60. The van der Waals surface area contributed by atoms with Crippen LogP contribution < -0.4 is 5.32 Å². The van der Waals surface area contributed by atoms with Crippen LogP contribution in [0.5, 0.6) is 5.75 Å². The molecule has 0 heterocycles. The number of carbonyl (C=O) groups excluding carboxylic acids is 1. The van der Waals surface area contributed by atoms with Gasteiger partial charge in [0.2, 0.25) is 11.7 Å². The van der Waals surface area contributed by atoms with Crippen LogP contribution >= 0.6 is 11.6 Å². The molecule has 7 nitrogen and oxygen atoms in total. The molecule has 0 spiro atoms. The van der Waals surface area contributed by atoms with E-state index in [1.54, 1.807) is 24.3 Å². The molecule has 1 amide bonds. The molecule has 0 unspecified atom stereocenters. The number of nitro groups is 1. The molecule has 8 heteroatoms. The molecule has 0 aliphatic heterocycles. The summed E-state index contributed by atoms with van der Waals surface area (Å²) in [6, 6.07) is 17.4. The number of amides is 1. The van der Waals surface area contributed by atoms with E-state index in [0.29, 0.717) is 34.8 Å². The Bertz CT molecular complexity index is 1160. The summed E-state index contributed by atoms with van der Waals surface area (Å²) in [5.41, 5.74) is 2.33. The van der Waals surface area contributed by atoms with Crippen molar-refractivity contribution in [2.24, 2.45) is 4.99 Å². The summed E-state index contributed by atoms with van der Waals surface area (Å²) in [4.78, 5) is 27.0. The highest BCUT2D eigenvalue weighted by Gasteiger charge is 2.18. The Morgan fingerprint density at radius 2 is 1.91 bits per heavy atom. The predicted octanol–water partition coefficient (Wildman–Crippen LogP) is 6.03. The van der Waals surface area contributed by atoms with Crippen LogP contribution in [0, 0.1) is 10.1 Å². The highest BCUT2D eigenvalue weighted by Crippen LogP contribution is 2.33. The average molecular weight is 452 g/mol. The summed E-state index contributed by atoms with van der Waals surface area (Å²) in [5.74, 6) is -0.592. The summed E-state index contributed by atoms with van der Waals surface area (Å²) < 4.78 is 0. The summed E-state index contributed by atoms with van der Waals surface area (Å²) in [6.45, 7) is 1.91. The number of phenolic OH excluding ortho intramolecular Hbond substituents is 1. The van der Waals surface area contributed by atoms with Crippen molar-refractivity contribution in [3.8, 4) is 5.75 Å². The number of nitrogens with zero attached hydrogens (tertiary/aromatic N) is 2. The molecule has 0 fully saturated rings. The molecule has 3 aromatic carbocycles. The zero-order chi connectivity index (χ0) is 23.1. The van der Waals surface area contributed by atoms with Gasteiger partial charge < -0.3 is 10.4 Å². The molecule has 0 saturated carbocycles. The van der Waals surface area contributed by atoms with Gasteiger partial charge in [-0.1, -0.05) is 48.9 Å². The van der Waals surface area contributed by atoms with Crippen LogP contribution in [0.2, 0.25) is 5.02 Å². The largest absolute Gasteiger partial charge is 0.502 e. The monoisotopic (exact) mass is 451 g/mol. The molecule has 3 aromatic rings. The Labute approximate surface area is 190 Å². The molecule has 0 aliphatic rings. The van der Waals surface area contributed by atoms with Crippen LogP contribution in [0.4, 0.5) is 17.1 Å². The molecule has 164 valence electrons. The Balaban J connectivity index is 1.93. The number of hydrogen-bond donors (Lipinski definition) is 2. The molecule has 0 aliphatic carbocycles. The minimum Gasteiger partial charge on any atom is -0.502 e. The Morgan fingerprint density at radius 3 is 2.59 bits per heavy atom. The highest BCUT2D eigenvalue weighted by atomic mass is 35.5. The van der Waals surface area contributed by atoms with Gasteiger partial charge in [-0.3, -0.25) is 19.9 Å². The van der Waals surface area contributed by atoms with Gasteiger partial charge in [-0.15, -0.1) is 0 Å².